The van der Waals surface area contributed by atoms with Crippen LogP contribution in [0.15, 0.2) is 48.0 Å². The number of carbonyl (C=O) groups excluding carboxylic acids is 2. The minimum atomic E-state index is -1.07. The van der Waals surface area contributed by atoms with Gasteiger partial charge in [0.1, 0.15) is 5.75 Å². The molecule has 2 amide bonds. The summed E-state index contributed by atoms with van der Waals surface area (Å²) in [6.45, 7) is 0. The number of carbonyl (C=O) groups is 2. The standard InChI is InChI=1S/C20H19N3O7/c1-28-14-10-15(29-2)13(23(26)27)9-12(14)18-16(19(24)30-3)17(21-20(25)22-18)11-7-5-4-6-8-11/h4-10,18H,1-3H3,(H2,21,22,25). The van der Waals surface area contributed by atoms with Gasteiger partial charge >= 0.3 is 17.7 Å². The zero-order valence-electron chi connectivity index (χ0n) is 16.4. The van der Waals surface area contributed by atoms with Crippen LogP contribution in [0.2, 0.25) is 0 Å². The highest BCUT2D eigenvalue weighted by Gasteiger charge is 2.37. The zero-order valence-corrected chi connectivity index (χ0v) is 16.4. The largest absolute Gasteiger partial charge is 0.496 e. The van der Waals surface area contributed by atoms with E-state index in [4.69, 9.17) is 14.2 Å². The summed E-state index contributed by atoms with van der Waals surface area (Å²) in [5, 5.41) is 16.8. The molecule has 0 fully saturated rings. The molecule has 0 spiro atoms. The highest BCUT2D eigenvalue weighted by atomic mass is 16.6. The van der Waals surface area contributed by atoms with Crippen molar-refractivity contribution in [2.24, 2.45) is 0 Å². The predicted molar refractivity (Wildman–Crippen MR) is 106 cm³/mol. The summed E-state index contributed by atoms with van der Waals surface area (Å²) in [6, 6.07) is 9.60. The monoisotopic (exact) mass is 413 g/mol. The maximum Gasteiger partial charge on any atom is 0.338 e. The van der Waals surface area contributed by atoms with Gasteiger partial charge < -0.3 is 24.8 Å². The first-order chi connectivity index (χ1) is 14.4. The molecule has 1 aliphatic heterocycles. The molecule has 0 aromatic heterocycles. The molecule has 30 heavy (non-hydrogen) atoms. The third-order valence-electron chi connectivity index (χ3n) is 4.58. The molecule has 0 saturated heterocycles. The lowest BCUT2D eigenvalue weighted by molar-refractivity contribution is -0.385. The Hall–Kier alpha value is -4.08. The summed E-state index contributed by atoms with van der Waals surface area (Å²) in [7, 11) is 3.87. The molecule has 156 valence electrons. The molecule has 2 aromatic carbocycles. The van der Waals surface area contributed by atoms with Crippen molar-refractivity contribution in [1.82, 2.24) is 10.6 Å². The number of benzene rings is 2. The Bertz CT molecular complexity index is 1030. The van der Waals surface area contributed by atoms with E-state index in [-0.39, 0.29) is 34.0 Å². The molecule has 2 aromatic rings. The summed E-state index contributed by atoms with van der Waals surface area (Å²) in [4.78, 5) is 36.0. The highest BCUT2D eigenvalue weighted by Crippen LogP contribution is 2.41. The fourth-order valence-corrected chi connectivity index (χ4v) is 3.23. The molecule has 2 N–H and O–H groups in total. The Morgan fingerprint density at radius 2 is 1.73 bits per heavy atom. The lowest BCUT2D eigenvalue weighted by Crippen LogP contribution is -2.45. The number of esters is 1. The molecule has 3 rings (SSSR count). The third-order valence-corrected chi connectivity index (χ3v) is 4.58. The second-order valence-electron chi connectivity index (χ2n) is 6.20. The first-order valence-electron chi connectivity index (χ1n) is 8.77. The van der Waals surface area contributed by atoms with E-state index in [1.807, 2.05) is 0 Å². The molecule has 1 unspecified atom stereocenters. The maximum absolute atomic E-state index is 12.7. The number of urea groups is 1. The van der Waals surface area contributed by atoms with Gasteiger partial charge in [-0.25, -0.2) is 9.59 Å². The van der Waals surface area contributed by atoms with Gasteiger partial charge in [0.25, 0.3) is 0 Å². The number of hydrogen-bond acceptors (Lipinski definition) is 7. The van der Waals surface area contributed by atoms with Crippen molar-refractivity contribution in [2.45, 2.75) is 6.04 Å². The van der Waals surface area contributed by atoms with Crippen molar-refractivity contribution >= 4 is 23.4 Å². The van der Waals surface area contributed by atoms with E-state index in [1.54, 1.807) is 30.3 Å². The Morgan fingerprint density at radius 3 is 2.30 bits per heavy atom. The van der Waals surface area contributed by atoms with Gasteiger partial charge in [-0.2, -0.15) is 0 Å². The van der Waals surface area contributed by atoms with Gasteiger partial charge in [-0.05, 0) is 5.56 Å². The van der Waals surface area contributed by atoms with Gasteiger partial charge in [-0.1, -0.05) is 30.3 Å². The smallest absolute Gasteiger partial charge is 0.338 e. The van der Waals surface area contributed by atoms with E-state index >= 15 is 0 Å². The van der Waals surface area contributed by atoms with Crippen LogP contribution in [-0.2, 0) is 9.53 Å². The van der Waals surface area contributed by atoms with Crippen LogP contribution in [0, 0.1) is 10.1 Å². The van der Waals surface area contributed by atoms with Crippen molar-refractivity contribution in [2.75, 3.05) is 21.3 Å². The van der Waals surface area contributed by atoms with Crippen LogP contribution in [0.3, 0.4) is 0 Å². The van der Waals surface area contributed by atoms with Gasteiger partial charge in [-0.3, -0.25) is 10.1 Å². The van der Waals surface area contributed by atoms with Gasteiger partial charge in [0.2, 0.25) is 5.75 Å². The lowest BCUT2D eigenvalue weighted by atomic mass is 9.91. The number of methoxy groups -OCH3 is 3. The van der Waals surface area contributed by atoms with E-state index in [0.717, 1.165) is 0 Å². The van der Waals surface area contributed by atoms with Crippen LogP contribution >= 0.6 is 0 Å². The third kappa shape index (κ3) is 3.75. The van der Waals surface area contributed by atoms with Gasteiger partial charge in [0.05, 0.1) is 43.6 Å². The number of rotatable bonds is 6. The number of hydrogen-bond donors (Lipinski definition) is 2. The minimum absolute atomic E-state index is 0.0206. The zero-order chi connectivity index (χ0) is 21.8. The van der Waals surface area contributed by atoms with E-state index < -0.39 is 23.0 Å². The van der Waals surface area contributed by atoms with E-state index in [0.29, 0.717) is 5.56 Å². The number of nitro groups is 1. The van der Waals surface area contributed by atoms with Gasteiger partial charge in [0, 0.05) is 17.7 Å². The normalized spacial score (nSPS) is 15.7. The summed E-state index contributed by atoms with van der Waals surface area (Å²) in [5.74, 6) is -0.543. The Kier molecular flexibility index (Phi) is 5.86. The molecule has 0 radical (unpaired) electrons. The van der Waals surface area contributed by atoms with Crippen LogP contribution < -0.4 is 20.1 Å². The summed E-state index contributed by atoms with van der Waals surface area (Å²) in [6.07, 6.45) is 0. The first-order valence-corrected chi connectivity index (χ1v) is 8.77. The van der Waals surface area contributed by atoms with Gasteiger partial charge in [-0.15, -0.1) is 0 Å². The molecular weight excluding hydrogens is 394 g/mol. The van der Waals surface area contributed by atoms with E-state index in [9.17, 15) is 19.7 Å². The number of nitrogens with zero attached hydrogens (tertiary/aromatic N) is 1. The molecule has 10 heteroatoms. The van der Waals surface area contributed by atoms with Crippen LogP contribution in [0.1, 0.15) is 17.2 Å². The number of amides is 2. The second kappa shape index (κ2) is 8.52. The second-order valence-corrected chi connectivity index (χ2v) is 6.20. The SMILES string of the molecule is COC(=O)C1=C(c2ccccc2)NC(=O)NC1c1cc([N+](=O)[O-])c(OC)cc1OC. The molecule has 10 nitrogen and oxygen atoms in total. The summed E-state index contributed by atoms with van der Waals surface area (Å²) < 4.78 is 15.4. The van der Waals surface area contributed by atoms with Crippen LogP contribution in [0.5, 0.6) is 11.5 Å². The number of nitro benzene ring substituents is 1. The van der Waals surface area contributed by atoms with Crippen LogP contribution in [0.25, 0.3) is 5.70 Å². The predicted octanol–water partition coefficient (Wildman–Crippen LogP) is 2.55. The van der Waals surface area contributed by atoms with E-state index in [2.05, 4.69) is 10.6 Å². The molecule has 1 heterocycles. The quantitative estimate of drug-likeness (QED) is 0.423. The van der Waals surface area contributed by atoms with Crippen molar-refractivity contribution in [3.63, 3.8) is 0 Å². The van der Waals surface area contributed by atoms with Gasteiger partial charge in [0.15, 0.2) is 0 Å². The minimum Gasteiger partial charge on any atom is -0.496 e. The van der Waals surface area contributed by atoms with Crippen molar-refractivity contribution < 1.29 is 28.7 Å². The molecular formula is C20H19N3O7. The summed E-state index contributed by atoms with van der Waals surface area (Å²) >= 11 is 0. The molecule has 1 aliphatic rings. The number of nitrogens with one attached hydrogen (secondary N) is 2. The average Bonchev–Trinajstić information content (AvgIpc) is 2.77. The molecule has 1 atom stereocenters. The van der Waals surface area contributed by atoms with Crippen molar-refractivity contribution in [3.8, 4) is 11.5 Å². The highest BCUT2D eigenvalue weighted by molar-refractivity contribution is 6.04. The Labute approximate surface area is 171 Å². The topological polar surface area (TPSA) is 129 Å². The van der Waals surface area contributed by atoms with Crippen LogP contribution in [-0.4, -0.2) is 38.3 Å². The van der Waals surface area contributed by atoms with Crippen LogP contribution in [0.4, 0.5) is 10.5 Å². The first kappa shape index (κ1) is 20.6. The fourth-order valence-electron chi connectivity index (χ4n) is 3.23. The Morgan fingerprint density at radius 1 is 1.07 bits per heavy atom. The van der Waals surface area contributed by atoms with Crippen molar-refractivity contribution in [1.29, 1.82) is 0 Å². The maximum atomic E-state index is 12.7. The number of ether oxygens (including phenoxy) is 3. The Balaban J connectivity index is 2.30. The summed E-state index contributed by atoms with van der Waals surface area (Å²) in [5.41, 5.74) is 0.734. The van der Waals surface area contributed by atoms with E-state index in [1.165, 1.54) is 33.5 Å². The average molecular weight is 413 g/mol. The fraction of sp³-hybridized carbons (Fsp3) is 0.200. The molecule has 0 saturated carbocycles. The molecule has 0 bridgehead atoms. The van der Waals surface area contributed by atoms with Crippen molar-refractivity contribution in [3.05, 3.63) is 69.3 Å². The lowest BCUT2D eigenvalue weighted by Gasteiger charge is -2.30. The molecule has 0 aliphatic carbocycles.